The number of primary sulfonamides is 1. The maximum absolute atomic E-state index is 12.1. The molecular weight excluding hydrogens is 374 g/mol. The molecule has 1 aromatic heterocycles. The van der Waals surface area contributed by atoms with Crippen LogP contribution >= 0.6 is 11.8 Å². The molecule has 3 rings (SSSR count). The van der Waals surface area contributed by atoms with Crippen molar-refractivity contribution in [3.8, 4) is 5.69 Å². The van der Waals surface area contributed by atoms with Crippen LogP contribution in [0.25, 0.3) is 5.69 Å². The molecule has 10 heteroatoms. The second kappa shape index (κ2) is 7.68. The highest BCUT2D eigenvalue weighted by Gasteiger charge is 2.12. The molecule has 1 heterocycles. The molecule has 0 spiro atoms. The second-order valence-corrected chi connectivity index (χ2v) is 7.73. The molecule has 26 heavy (non-hydrogen) atoms. The number of anilines is 1. The summed E-state index contributed by atoms with van der Waals surface area (Å²) < 4.78 is 24.5. The van der Waals surface area contributed by atoms with E-state index in [1.54, 1.807) is 17.0 Å². The average molecular weight is 389 g/mol. The number of nitrogens with two attached hydrogens (primary N) is 1. The van der Waals surface area contributed by atoms with Crippen molar-refractivity contribution in [3.63, 3.8) is 0 Å². The van der Waals surface area contributed by atoms with Crippen LogP contribution in [-0.4, -0.2) is 34.8 Å². The maximum Gasteiger partial charge on any atom is 0.238 e. The molecule has 0 aliphatic rings. The highest BCUT2D eigenvalue weighted by atomic mass is 32.2. The molecular formula is C16H15N5O3S2. The number of thioether (sulfide) groups is 1. The number of rotatable bonds is 6. The molecule has 3 N–H and O–H groups in total. The van der Waals surface area contributed by atoms with Crippen molar-refractivity contribution >= 4 is 33.4 Å². The Morgan fingerprint density at radius 2 is 1.92 bits per heavy atom. The van der Waals surface area contributed by atoms with Crippen LogP contribution in [0.15, 0.2) is 71.0 Å². The van der Waals surface area contributed by atoms with Gasteiger partial charge in [0.1, 0.15) is 6.33 Å². The Morgan fingerprint density at radius 3 is 2.65 bits per heavy atom. The third kappa shape index (κ3) is 4.48. The Bertz CT molecular complexity index is 1020. The number of nitrogens with zero attached hydrogens (tertiary/aromatic N) is 3. The first-order valence-electron chi connectivity index (χ1n) is 7.44. The van der Waals surface area contributed by atoms with Gasteiger partial charge in [-0.25, -0.2) is 13.6 Å². The summed E-state index contributed by atoms with van der Waals surface area (Å²) in [5.41, 5.74) is 1.24. The van der Waals surface area contributed by atoms with Crippen LogP contribution < -0.4 is 10.5 Å². The number of aromatic nitrogens is 3. The highest BCUT2D eigenvalue weighted by Crippen LogP contribution is 2.20. The average Bonchev–Trinajstić information content (AvgIpc) is 3.09. The molecule has 134 valence electrons. The molecule has 0 fully saturated rings. The predicted octanol–water partition coefficient (Wildman–Crippen LogP) is 1.65. The van der Waals surface area contributed by atoms with Gasteiger partial charge < -0.3 is 5.32 Å². The van der Waals surface area contributed by atoms with Gasteiger partial charge in [-0.15, -0.1) is 10.2 Å². The number of carbonyl (C=O) groups is 1. The van der Waals surface area contributed by atoms with Gasteiger partial charge in [-0.2, -0.15) is 0 Å². The largest absolute Gasteiger partial charge is 0.325 e. The number of amides is 1. The van der Waals surface area contributed by atoms with Crippen LogP contribution in [0.1, 0.15) is 0 Å². The van der Waals surface area contributed by atoms with Gasteiger partial charge >= 0.3 is 0 Å². The topological polar surface area (TPSA) is 120 Å². The van der Waals surface area contributed by atoms with E-state index in [1.807, 2.05) is 30.3 Å². The number of benzene rings is 2. The lowest BCUT2D eigenvalue weighted by molar-refractivity contribution is -0.113. The van der Waals surface area contributed by atoms with Crippen LogP contribution in [0.3, 0.4) is 0 Å². The molecule has 0 atom stereocenters. The van der Waals surface area contributed by atoms with Gasteiger partial charge in [0.05, 0.1) is 10.6 Å². The minimum absolute atomic E-state index is 0.0632. The minimum Gasteiger partial charge on any atom is -0.325 e. The molecule has 8 nitrogen and oxygen atoms in total. The molecule has 0 bridgehead atoms. The van der Waals surface area contributed by atoms with Gasteiger partial charge in [0, 0.05) is 11.4 Å². The van der Waals surface area contributed by atoms with E-state index in [0.29, 0.717) is 10.8 Å². The number of para-hydroxylation sites is 1. The number of nitrogens with one attached hydrogen (secondary N) is 1. The fourth-order valence-electron chi connectivity index (χ4n) is 2.17. The van der Waals surface area contributed by atoms with E-state index in [-0.39, 0.29) is 16.6 Å². The first-order chi connectivity index (χ1) is 12.4. The van der Waals surface area contributed by atoms with Gasteiger partial charge in [-0.1, -0.05) is 36.0 Å². The Balaban J connectivity index is 1.65. The molecule has 0 saturated heterocycles. The van der Waals surface area contributed by atoms with Crippen molar-refractivity contribution < 1.29 is 13.2 Å². The fourth-order valence-corrected chi connectivity index (χ4v) is 3.45. The summed E-state index contributed by atoms with van der Waals surface area (Å²) in [6.07, 6.45) is 1.57. The molecule has 0 aliphatic carbocycles. The summed E-state index contributed by atoms with van der Waals surface area (Å²) in [6.45, 7) is 0. The van der Waals surface area contributed by atoms with Gasteiger partial charge in [-0.05, 0) is 30.3 Å². The molecule has 0 radical (unpaired) electrons. The summed E-state index contributed by atoms with van der Waals surface area (Å²) in [4.78, 5) is 12.1. The minimum atomic E-state index is -3.82. The van der Waals surface area contributed by atoms with Crippen molar-refractivity contribution in [1.29, 1.82) is 0 Å². The van der Waals surface area contributed by atoms with Crippen molar-refractivity contribution in [3.05, 3.63) is 60.9 Å². The Labute approximate surface area is 154 Å². The molecule has 1 amide bonds. The third-order valence-electron chi connectivity index (χ3n) is 3.33. The lowest BCUT2D eigenvalue weighted by atomic mass is 10.3. The number of sulfonamides is 1. The smallest absolute Gasteiger partial charge is 0.238 e. The van der Waals surface area contributed by atoms with Crippen molar-refractivity contribution in [2.45, 2.75) is 10.1 Å². The van der Waals surface area contributed by atoms with Crippen molar-refractivity contribution in [2.75, 3.05) is 11.1 Å². The van der Waals surface area contributed by atoms with Crippen LogP contribution in [0.2, 0.25) is 0 Å². The van der Waals surface area contributed by atoms with Crippen LogP contribution in [0, 0.1) is 0 Å². The normalized spacial score (nSPS) is 11.3. The standard InChI is InChI=1S/C16H15N5O3S2/c17-26(23,24)14-8-4-5-12(9-14)19-15(22)10-25-16-20-18-11-21(16)13-6-2-1-3-7-13/h1-9,11H,10H2,(H,19,22)(H2,17,23,24). The predicted molar refractivity (Wildman–Crippen MR) is 98.5 cm³/mol. The summed E-state index contributed by atoms with van der Waals surface area (Å²) in [5, 5.41) is 16.2. The summed E-state index contributed by atoms with van der Waals surface area (Å²) in [5.74, 6) is -0.213. The number of hydrogen-bond donors (Lipinski definition) is 2. The van der Waals surface area contributed by atoms with E-state index >= 15 is 0 Å². The molecule has 0 saturated carbocycles. The van der Waals surface area contributed by atoms with Crippen molar-refractivity contribution in [2.24, 2.45) is 5.14 Å². The van der Waals surface area contributed by atoms with E-state index in [9.17, 15) is 13.2 Å². The zero-order valence-electron chi connectivity index (χ0n) is 13.4. The Hall–Kier alpha value is -2.69. The molecule has 0 unspecified atom stereocenters. The maximum atomic E-state index is 12.1. The lowest BCUT2D eigenvalue weighted by Gasteiger charge is -2.07. The van der Waals surface area contributed by atoms with Crippen LogP contribution in [0.4, 0.5) is 5.69 Å². The van der Waals surface area contributed by atoms with E-state index in [4.69, 9.17) is 5.14 Å². The SMILES string of the molecule is NS(=O)(=O)c1cccc(NC(=O)CSc2nncn2-c2ccccc2)c1. The van der Waals surface area contributed by atoms with Crippen LogP contribution in [0.5, 0.6) is 0 Å². The van der Waals surface area contributed by atoms with Gasteiger partial charge in [-0.3, -0.25) is 9.36 Å². The number of carbonyl (C=O) groups excluding carboxylic acids is 1. The third-order valence-corrected chi connectivity index (χ3v) is 5.18. The summed E-state index contributed by atoms with van der Waals surface area (Å²) >= 11 is 1.22. The van der Waals surface area contributed by atoms with Gasteiger partial charge in [0.15, 0.2) is 5.16 Å². The first kappa shape index (κ1) is 18.1. The van der Waals surface area contributed by atoms with E-state index in [1.165, 1.54) is 30.0 Å². The zero-order chi connectivity index (χ0) is 18.6. The fraction of sp³-hybridized carbons (Fsp3) is 0.0625. The molecule has 2 aromatic carbocycles. The lowest BCUT2D eigenvalue weighted by Crippen LogP contribution is -2.16. The monoisotopic (exact) mass is 389 g/mol. The second-order valence-electron chi connectivity index (χ2n) is 5.23. The first-order valence-corrected chi connectivity index (χ1v) is 9.97. The van der Waals surface area contributed by atoms with Crippen molar-refractivity contribution in [1.82, 2.24) is 14.8 Å². The van der Waals surface area contributed by atoms with E-state index < -0.39 is 10.0 Å². The highest BCUT2D eigenvalue weighted by molar-refractivity contribution is 7.99. The number of hydrogen-bond acceptors (Lipinski definition) is 6. The van der Waals surface area contributed by atoms with E-state index in [2.05, 4.69) is 15.5 Å². The Morgan fingerprint density at radius 1 is 1.15 bits per heavy atom. The molecule has 0 aliphatic heterocycles. The van der Waals surface area contributed by atoms with E-state index in [0.717, 1.165) is 5.69 Å². The summed E-state index contributed by atoms with van der Waals surface area (Å²) in [6, 6.07) is 15.3. The van der Waals surface area contributed by atoms with Gasteiger partial charge in [0.25, 0.3) is 0 Å². The van der Waals surface area contributed by atoms with Gasteiger partial charge in [0.2, 0.25) is 15.9 Å². The molecule has 3 aromatic rings. The Kier molecular flexibility index (Phi) is 5.35. The summed E-state index contributed by atoms with van der Waals surface area (Å²) in [7, 11) is -3.82. The quantitative estimate of drug-likeness (QED) is 0.619. The van der Waals surface area contributed by atoms with Crippen LogP contribution in [-0.2, 0) is 14.8 Å². The zero-order valence-corrected chi connectivity index (χ0v) is 15.1.